The molecule has 2 aliphatic carbocycles. The van der Waals surface area contributed by atoms with Crippen LogP contribution in [0.15, 0.2) is 0 Å². The van der Waals surface area contributed by atoms with Gasteiger partial charge < -0.3 is 10.2 Å². The van der Waals surface area contributed by atoms with Crippen molar-refractivity contribution in [3.8, 4) is 11.8 Å². The van der Waals surface area contributed by atoms with Crippen LogP contribution >= 0.6 is 0 Å². The van der Waals surface area contributed by atoms with Gasteiger partial charge in [-0.05, 0) is 37.5 Å². The lowest BCUT2D eigenvalue weighted by atomic mass is 9.61. The minimum absolute atomic E-state index is 0.165. The molecule has 0 saturated heterocycles. The zero-order valence-electron chi connectivity index (χ0n) is 9.75. The molecule has 2 heteroatoms. The van der Waals surface area contributed by atoms with Crippen LogP contribution in [-0.4, -0.2) is 21.9 Å². The predicted octanol–water partition coefficient (Wildman–Crippen LogP) is 1.56. The molecule has 0 aliphatic heterocycles. The molecule has 0 heterocycles. The summed E-state index contributed by atoms with van der Waals surface area (Å²) in [6.45, 7) is 5.82. The van der Waals surface area contributed by atoms with E-state index in [-0.39, 0.29) is 11.3 Å². The summed E-state index contributed by atoms with van der Waals surface area (Å²) in [6.07, 6.45) is 2.40. The van der Waals surface area contributed by atoms with E-state index in [4.69, 9.17) is 0 Å². The van der Waals surface area contributed by atoms with E-state index in [2.05, 4.69) is 11.8 Å². The maximum atomic E-state index is 10.5. The standard InChI is InChI=1S/C13H20O2/c1-4-7-13(15)10-6-5-9(8-10)12(2,3)11(13)14/h9-11,14-15H,5-6,8H2,1-3H3/t9-,10+,11+,13-/m1/s1. The molecular formula is C13H20O2. The zero-order chi connectivity index (χ0) is 11.3. The molecule has 0 aromatic rings. The van der Waals surface area contributed by atoms with Gasteiger partial charge >= 0.3 is 0 Å². The molecule has 2 fully saturated rings. The lowest BCUT2D eigenvalue weighted by Gasteiger charge is -2.48. The minimum Gasteiger partial charge on any atom is -0.388 e. The van der Waals surface area contributed by atoms with Gasteiger partial charge in [-0.2, -0.15) is 0 Å². The summed E-state index contributed by atoms with van der Waals surface area (Å²) < 4.78 is 0. The van der Waals surface area contributed by atoms with Crippen LogP contribution in [0.1, 0.15) is 40.0 Å². The van der Waals surface area contributed by atoms with Crippen LogP contribution in [0.3, 0.4) is 0 Å². The summed E-state index contributed by atoms with van der Waals surface area (Å²) in [5.41, 5.74) is -1.39. The lowest BCUT2D eigenvalue weighted by Crippen LogP contribution is -2.58. The fourth-order valence-corrected chi connectivity index (χ4v) is 3.44. The Bertz CT molecular complexity index is 323. The minimum atomic E-state index is -1.18. The Kier molecular flexibility index (Phi) is 2.37. The third-order valence-corrected chi connectivity index (χ3v) is 4.55. The van der Waals surface area contributed by atoms with Crippen LogP contribution in [0, 0.1) is 29.1 Å². The monoisotopic (exact) mass is 208 g/mol. The van der Waals surface area contributed by atoms with Gasteiger partial charge in [-0.15, -0.1) is 5.92 Å². The second kappa shape index (κ2) is 3.23. The van der Waals surface area contributed by atoms with Crippen LogP contribution in [0.25, 0.3) is 0 Å². The van der Waals surface area contributed by atoms with Gasteiger partial charge in [0.25, 0.3) is 0 Å². The number of aliphatic hydroxyl groups excluding tert-OH is 1. The first kappa shape index (κ1) is 11.0. The smallest absolute Gasteiger partial charge is 0.154 e. The molecule has 0 aromatic carbocycles. The van der Waals surface area contributed by atoms with Gasteiger partial charge in [0.15, 0.2) is 5.60 Å². The summed E-state index contributed by atoms with van der Waals surface area (Å²) in [7, 11) is 0. The third kappa shape index (κ3) is 1.33. The van der Waals surface area contributed by atoms with Gasteiger partial charge in [-0.25, -0.2) is 0 Å². The van der Waals surface area contributed by atoms with Gasteiger partial charge in [-0.3, -0.25) is 0 Å². The third-order valence-electron chi connectivity index (χ3n) is 4.55. The van der Waals surface area contributed by atoms with Crippen molar-refractivity contribution in [1.29, 1.82) is 0 Å². The molecule has 0 aromatic heterocycles. The molecule has 2 saturated carbocycles. The second-order valence-corrected chi connectivity index (χ2v) is 5.63. The second-order valence-electron chi connectivity index (χ2n) is 5.63. The van der Waals surface area contributed by atoms with Gasteiger partial charge in [0, 0.05) is 5.92 Å². The van der Waals surface area contributed by atoms with Crippen LogP contribution in [-0.2, 0) is 0 Å². The highest BCUT2D eigenvalue weighted by Gasteiger charge is 2.59. The van der Waals surface area contributed by atoms with Crippen molar-refractivity contribution in [2.24, 2.45) is 17.3 Å². The molecule has 2 nitrogen and oxygen atoms in total. The number of rotatable bonds is 0. The van der Waals surface area contributed by atoms with E-state index in [1.807, 2.05) is 13.8 Å². The number of hydrogen-bond donors (Lipinski definition) is 2. The van der Waals surface area contributed by atoms with Crippen LogP contribution in [0.5, 0.6) is 0 Å². The van der Waals surface area contributed by atoms with Crippen molar-refractivity contribution < 1.29 is 10.2 Å². The number of aliphatic hydroxyl groups is 2. The number of hydrogen-bond acceptors (Lipinski definition) is 2. The molecule has 0 radical (unpaired) electrons. The van der Waals surface area contributed by atoms with Gasteiger partial charge in [0.2, 0.25) is 0 Å². The molecule has 4 atom stereocenters. The SMILES string of the molecule is CC#C[C@@]1(O)[C@H]2CC[C@H](C2)C(C)(C)[C@@H]1O. The van der Waals surface area contributed by atoms with Crippen molar-refractivity contribution >= 4 is 0 Å². The summed E-state index contributed by atoms with van der Waals surface area (Å²) in [5, 5.41) is 20.9. The van der Waals surface area contributed by atoms with Crippen molar-refractivity contribution in [3.05, 3.63) is 0 Å². The Labute approximate surface area is 91.7 Å². The highest BCUT2D eigenvalue weighted by molar-refractivity contribution is 5.24. The predicted molar refractivity (Wildman–Crippen MR) is 59.0 cm³/mol. The topological polar surface area (TPSA) is 40.5 Å². The van der Waals surface area contributed by atoms with E-state index in [9.17, 15) is 10.2 Å². The van der Waals surface area contributed by atoms with Crippen molar-refractivity contribution in [3.63, 3.8) is 0 Å². The van der Waals surface area contributed by atoms with E-state index >= 15 is 0 Å². The van der Waals surface area contributed by atoms with Gasteiger partial charge in [0.1, 0.15) is 0 Å². The summed E-state index contributed by atoms with van der Waals surface area (Å²) in [6, 6.07) is 0. The van der Waals surface area contributed by atoms with Crippen molar-refractivity contribution in [1.82, 2.24) is 0 Å². The Morgan fingerprint density at radius 1 is 1.20 bits per heavy atom. The van der Waals surface area contributed by atoms with E-state index in [0.29, 0.717) is 5.92 Å². The summed E-state index contributed by atoms with van der Waals surface area (Å²) in [5.74, 6) is 6.32. The Balaban J connectivity index is 2.42. The fourth-order valence-electron chi connectivity index (χ4n) is 3.44. The van der Waals surface area contributed by atoms with E-state index in [1.165, 1.54) is 0 Å². The molecule has 0 unspecified atom stereocenters. The normalized spacial score (nSPS) is 47.1. The molecule has 2 aliphatic rings. The Hall–Kier alpha value is -0.520. The average molecular weight is 208 g/mol. The molecule has 15 heavy (non-hydrogen) atoms. The van der Waals surface area contributed by atoms with Crippen LogP contribution in [0.4, 0.5) is 0 Å². The van der Waals surface area contributed by atoms with E-state index in [0.717, 1.165) is 19.3 Å². The molecule has 2 bridgehead atoms. The molecule has 0 spiro atoms. The van der Waals surface area contributed by atoms with Crippen LogP contribution < -0.4 is 0 Å². The maximum Gasteiger partial charge on any atom is 0.154 e. The highest BCUT2D eigenvalue weighted by atomic mass is 16.3. The molecular weight excluding hydrogens is 188 g/mol. The average Bonchev–Trinajstić information content (AvgIpc) is 2.63. The van der Waals surface area contributed by atoms with Gasteiger partial charge in [-0.1, -0.05) is 19.8 Å². The molecule has 2 rings (SSSR count). The van der Waals surface area contributed by atoms with Gasteiger partial charge in [0.05, 0.1) is 6.10 Å². The lowest BCUT2D eigenvalue weighted by molar-refractivity contribution is -0.154. The maximum absolute atomic E-state index is 10.5. The van der Waals surface area contributed by atoms with E-state index < -0.39 is 11.7 Å². The van der Waals surface area contributed by atoms with Crippen molar-refractivity contribution in [2.45, 2.75) is 51.7 Å². The van der Waals surface area contributed by atoms with Crippen molar-refractivity contribution in [2.75, 3.05) is 0 Å². The Morgan fingerprint density at radius 2 is 1.80 bits per heavy atom. The molecule has 0 amide bonds. The first-order valence-electron chi connectivity index (χ1n) is 5.77. The quantitative estimate of drug-likeness (QED) is 0.593. The molecule has 84 valence electrons. The largest absolute Gasteiger partial charge is 0.388 e. The zero-order valence-corrected chi connectivity index (χ0v) is 9.75. The Morgan fingerprint density at radius 3 is 2.40 bits per heavy atom. The summed E-state index contributed by atoms with van der Waals surface area (Å²) in [4.78, 5) is 0. The number of fused-ring (bicyclic) bond motifs is 2. The highest BCUT2D eigenvalue weighted by Crippen LogP contribution is 2.55. The van der Waals surface area contributed by atoms with Crippen LogP contribution in [0.2, 0.25) is 0 Å². The van der Waals surface area contributed by atoms with E-state index in [1.54, 1.807) is 6.92 Å². The molecule has 2 N–H and O–H groups in total. The fraction of sp³-hybridized carbons (Fsp3) is 0.846. The summed E-state index contributed by atoms with van der Waals surface area (Å²) >= 11 is 0. The first-order valence-corrected chi connectivity index (χ1v) is 5.77. The first-order chi connectivity index (χ1) is 6.93.